The summed E-state index contributed by atoms with van der Waals surface area (Å²) < 4.78 is 40.1. The standard InChI is InChI=1S/C12H11FN4O2S2/c13-11-4-3-9(6-10(11)12(14)20)21(18,19)16-7-8-2-1-5-15-17-8/h1-6,16H,7H2,(H2,14,20). The minimum atomic E-state index is -3.83. The molecule has 2 rings (SSSR count). The van der Waals surface area contributed by atoms with Gasteiger partial charge in [0.2, 0.25) is 10.0 Å². The Morgan fingerprint density at radius 3 is 2.76 bits per heavy atom. The van der Waals surface area contributed by atoms with E-state index in [-0.39, 0.29) is 22.0 Å². The molecular weight excluding hydrogens is 315 g/mol. The predicted octanol–water partition coefficient (Wildman–Crippen LogP) is 0.728. The molecule has 2 aromatic rings. The van der Waals surface area contributed by atoms with Crippen molar-refractivity contribution in [1.82, 2.24) is 14.9 Å². The van der Waals surface area contributed by atoms with Gasteiger partial charge in [-0.1, -0.05) is 12.2 Å². The van der Waals surface area contributed by atoms with Crippen LogP contribution in [0.2, 0.25) is 0 Å². The number of nitrogens with zero attached hydrogens (tertiary/aromatic N) is 2. The Morgan fingerprint density at radius 1 is 1.38 bits per heavy atom. The fourth-order valence-corrected chi connectivity index (χ4v) is 2.72. The van der Waals surface area contributed by atoms with Crippen molar-refractivity contribution >= 4 is 27.2 Å². The highest BCUT2D eigenvalue weighted by Crippen LogP contribution is 2.15. The zero-order valence-electron chi connectivity index (χ0n) is 10.7. The van der Waals surface area contributed by atoms with Crippen molar-refractivity contribution in [3.8, 4) is 0 Å². The van der Waals surface area contributed by atoms with Crippen LogP contribution in [0.5, 0.6) is 0 Å². The summed E-state index contributed by atoms with van der Waals surface area (Å²) >= 11 is 4.68. The topological polar surface area (TPSA) is 98.0 Å². The Hall–Kier alpha value is -1.97. The molecule has 0 unspecified atom stereocenters. The van der Waals surface area contributed by atoms with E-state index in [9.17, 15) is 12.8 Å². The van der Waals surface area contributed by atoms with Crippen molar-refractivity contribution in [1.29, 1.82) is 0 Å². The third-order valence-corrected chi connectivity index (χ3v) is 4.20. The fraction of sp³-hybridized carbons (Fsp3) is 0.0833. The molecule has 0 aliphatic heterocycles. The van der Waals surface area contributed by atoms with Crippen LogP contribution in [0, 0.1) is 5.82 Å². The first-order valence-corrected chi connectivity index (χ1v) is 7.65. The maximum atomic E-state index is 13.5. The van der Waals surface area contributed by atoms with Crippen LogP contribution in [0.1, 0.15) is 11.3 Å². The second kappa shape index (κ2) is 6.20. The first-order chi connectivity index (χ1) is 9.90. The monoisotopic (exact) mass is 326 g/mol. The van der Waals surface area contributed by atoms with Crippen LogP contribution in [-0.2, 0) is 16.6 Å². The summed E-state index contributed by atoms with van der Waals surface area (Å²) in [6.45, 7) is -0.0318. The Labute approximate surface area is 126 Å². The van der Waals surface area contributed by atoms with E-state index in [1.54, 1.807) is 12.1 Å². The minimum absolute atomic E-state index is 0.0318. The minimum Gasteiger partial charge on any atom is -0.389 e. The van der Waals surface area contributed by atoms with Gasteiger partial charge in [0.25, 0.3) is 0 Å². The lowest BCUT2D eigenvalue weighted by Gasteiger charge is -2.08. The lowest BCUT2D eigenvalue weighted by Crippen LogP contribution is -2.24. The largest absolute Gasteiger partial charge is 0.389 e. The highest BCUT2D eigenvalue weighted by molar-refractivity contribution is 7.89. The van der Waals surface area contributed by atoms with E-state index >= 15 is 0 Å². The number of hydrogen-bond donors (Lipinski definition) is 2. The SMILES string of the molecule is NC(=S)c1cc(S(=O)(=O)NCc2cccnn2)ccc1F. The molecule has 0 atom stereocenters. The maximum Gasteiger partial charge on any atom is 0.240 e. The van der Waals surface area contributed by atoms with Gasteiger partial charge >= 0.3 is 0 Å². The first-order valence-electron chi connectivity index (χ1n) is 5.76. The molecule has 6 nitrogen and oxygen atoms in total. The number of thiocarbonyl (C=S) groups is 1. The van der Waals surface area contributed by atoms with Gasteiger partial charge in [-0.2, -0.15) is 10.2 Å². The van der Waals surface area contributed by atoms with Gasteiger partial charge in [0.15, 0.2) is 0 Å². The number of aromatic nitrogens is 2. The molecule has 0 bridgehead atoms. The molecule has 0 radical (unpaired) electrons. The predicted molar refractivity (Wildman–Crippen MR) is 78.3 cm³/mol. The van der Waals surface area contributed by atoms with Crippen LogP contribution < -0.4 is 10.5 Å². The lowest BCUT2D eigenvalue weighted by atomic mass is 10.2. The molecule has 1 aromatic heterocycles. The van der Waals surface area contributed by atoms with Crippen molar-refractivity contribution < 1.29 is 12.8 Å². The summed E-state index contributed by atoms with van der Waals surface area (Å²) in [5.41, 5.74) is 5.69. The zero-order valence-corrected chi connectivity index (χ0v) is 12.3. The van der Waals surface area contributed by atoms with E-state index in [1.807, 2.05) is 0 Å². The number of benzene rings is 1. The molecule has 9 heteroatoms. The second-order valence-corrected chi connectivity index (χ2v) is 6.25. The van der Waals surface area contributed by atoms with E-state index in [1.165, 1.54) is 6.20 Å². The van der Waals surface area contributed by atoms with Crippen LogP contribution >= 0.6 is 12.2 Å². The van der Waals surface area contributed by atoms with Gasteiger partial charge in [0.1, 0.15) is 10.8 Å². The fourth-order valence-electron chi connectivity index (χ4n) is 1.54. The Bertz CT molecular complexity index is 766. The molecule has 0 saturated heterocycles. The number of rotatable bonds is 5. The highest BCUT2D eigenvalue weighted by Gasteiger charge is 2.17. The summed E-state index contributed by atoms with van der Waals surface area (Å²) in [5, 5.41) is 7.40. The Kier molecular flexibility index (Phi) is 4.56. The summed E-state index contributed by atoms with van der Waals surface area (Å²) in [5.74, 6) is -0.671. The zero-order chi connectivity index (χ0) is 15.5. The van der Waals surface area contributed by atoms with E-state index in [4.69, 9.17) is 5.73 Å². The van der Waals surface area contributed by atoms with E-state index in [0.717, 1.165) is 18.2 Å². The number of sulfonamides is 1. The number of nitrogens with two attached hydrogens (primary N) is 1. The lowest BCUT2D eigenvalue weighted by molar-refractivity contribution is 0.579. The highest BCUT2D eigenvalue weighted by atomic mass is 32.2. The average molecular weight is 326 g/mol. The molecule has 1 heterocycles. The van der Waals surface area contributed by atoms with Gasteiger partial charge in [-0.05, 0) is 30.3 Å². The van der Waals surface area contributed by atoms with Gasteiger partial charge in [0, 0.05) is 11.8 Å². The van der Waals surface area contributed by atoms with Crippen LogP contribution in [0.4, 0.5) is 4.39 Å². The van der Waals surface area contributed by atoms with Crippen LogP contribution in [0.15, 0.2) is 41.4 Å². The number of nitrogens with one attached hydrogen (secondary N) is 1. The summed E-state index contributed by atoms with van der Waals surface area (Å²) in [7, 11) is -3.83. The molecule has 1 aromatic carbocycles. The first kappa shape index (κ1) is 15.4. The van der Waals surface area contributed by atoms with Crippen LogP contribution in [0.3, 0.4) is 0 Å². The molecule has 3 N–H and O–H groups in total. The molecule has 0 saturated carbocycles. The van der Waals surface area contributed by atoms with Gasteiger partial charge in [0.05, 0.1) is 17.1 Å². The summed E-state index contributed by atoms with van der Waals surface area (Å²) in [6.07, 6.45) is 1.48. The van der Waals surface area contributed by atoms with Gasteiger partial charge in [-0.25, -0.2) is 17.5 Å². The third-order valence-electron chi connectivity index (χ3n) is 2.58. The molecule has 0 aliphatic carbocycles. The molecule has 21 heavy (non-hydrogen) atoms. The molecule has 0 aliphatic rings. The maximum absolute atomic E-state index is 13.5. The number of hydrogen-bond acceptors (Lipinski definition) is 5. The quantitative estimate of drug-likeness (QED) is 0.786. The van der Waals surface area contributed by atoms with Crippen molar-refractivity contribution in [2.45, 2.75) is 11.4 Å². The van der Waals surface area contributed by atoms with Crippen molar-refractivity contribution in [3.05, 3.63) is 53.6 Å². The van der Waals surface area contributed by atoms with Crippen LogP contribution in [0.25, 0.3) is 0 Å². The Morgan fingerprint density at radius 2 is 2.14 bits per heavy atom. The van der Waals surface area contributed by atoms with E-state index in [0.29, 0.717) is 5.69 Å². The molecule has 0 fully saturated rings. The Balaban J connectivity index is 2.24. The van der Waals surface area contributed by atoms with Crippen molar-refractivity contribution in [2.24, 2.45) is 5.73 Å². The molecule has 110 valence electrons. The molecule has 0 amide bonds. The third kappa shape index (κ3) is 3.78. The van der Waals surface area contributed by atoms with E-state index < -0.39 is 15.8 Å². The normalized spacial score (nSPS) is 11.3. The number of halogens is 1. The molecule has 0 spiro atoms. The van der Waals surface area contributed by atoms with Crippen molar-refractivity contribution in [2.75, 3.05) is 0 Å². The average Bonchev–Trinajstić information content (AvgIpc) is 2.46. The van der Waals surface area contributed by atoms with Gasteiger partial charge in [-0.3, -0.25) is 0 Å². The van der Waals surface area contributed by atoms with Crippen molar-refractivity contribution in [3.63, 3.8) is 0 Å². The smallest absolute Gasteiger partial charge is 0.240 e. The van der Waals surface area contributed by atoms with Gasteiger partial charge < -0.3 is 5.73 Å². The second-order valence-electron chi connectivity index (χ2n) is 4.05. The van der Waals surface area contributed by atoms with E-state index in [2.05, 4.69) is 27.1 Å². The summed E-state index contributed by atoms with van der Waals surface area (Å²) in [6, 6.07) is 6.50. The van der Waals surface area contributed by atoms with Gasteiger partial charge in [-0.15, -0.1) is 0 Å². The van der Waals surface area contributed by atoms with Crippen LogP contribution in [-0.4, -0.2) is 23.6 Å². The summed E-state index contributed by atoms with van der Waals surface area (Å²) in [4.78, 5) is -0.339. The molecular formula is C12H11FN4O2S2.